The number of methoxy groups -OCH3 is 1. The van der Waals surface area contributed by atoms with Gasteiger partial charge in [-0.1, -0.05) is 0 Å². The number of esters is 1. The molecule has 2 aromatic rings. The molecule has 21 heavy (non-hydrogen) atoms. The topological polar surface area (TPSA) is 73.3 Å². The van der Waals surface area contributed by atoms with Crippen molar-refractivity contribution in [1.82, 2.24) is 9.97 Å². The Labute approximate surface area is 127 Å². The minimum absolute atomic E-state index is 0.335. The third-order valence-electron chi connectivity index (χ3n) is 3.06. The molecule has 0 aromatic carbocycles. The third kappa shape index (κ3) is 3.48. The van der Waals surface area contributed by atoms with E-state index in [2.05, 4.69) is 15.3 Å². The smallest absolute Gasteiger partial charge is 0.348 e. The van der Waals surface area contributed by atoms with Gasteiger partial charge in [-0.05, 0) is 25.8 Å². The number of hydrogen-bond acceptors (Lipinski definition) is 7. The van der Waals surface area contributed by atoms with Gasteiger partial charge in [-0.3, -0.25) is 0 Å². The monoisotopic (exact) mass is 309 g/mol. The molecule has 0 atom stereocenters. The fraction of sp³-hybridized carbons (Fsp3) is 0.500. The zero-order valence-corrected chi connectivity index (χ0v) is 13.2. The first-order valence-electron chi connectivity index (χ1n) is 6.83. The average Bonchev–Trinajstić information content (AvgIpc) is 2.84. The van der Waals surface area contributed by atoms with E-state index in [-0.39, 0.29) is 5.97 Å². The molecule has 0 spiro atoms. The number of anilines is 1. The SMILES string of the molecule is CCOCCCNc1ncnc2sc(C(=O)OC)c(C)c12. The molecule has 0 aliphatic carbocycles. The van der Waals surface area contributed by atoms with Crippen LogP contribution in [0, 0.1) is 6.92 Å². The van der Waals surface area contributed by atoms with Gasteiger partial charge in [-0.15, -0.1) is 11.3 Å². The zero-order valence-electron chi connectivity index (χ0n) is 12.4. The van der Waals surface area contributed by atoms with E-state index in [1.54, 1.807) is 0 Å². The first-order chi connectivity index (χ1) is 10.2. The fourth-order valence-electron chi connectivity index (χ4n) is 2.02. The Balaban J connectivity index is 2.20. The lowest BCUT2D eigenvalue weighted by atomic mass is 10.2. The van der Waals surface area contributed by atoms with E-state index in [4.69, 9.17) is 9.47 Å². The number of aryl methyl sites for hydroxylation is 1. The molecule has 2 rings (SSSR count). The summed E-state index contributed by atoms with van der Waals surface area (Å²) in [5, 5.41) is 4.17. The van der Waals surface area contributed by atoms with Gasteiger partial charge in [-0.2, -0.15) is 0 Å². The Morgan fingerprint density at radius 3 is 2.95 bits per heavy atom. The Bertz CT molecular complexity index is 627. The molecule has 2 heterocycles. The van der Waals surface area contributed by atoms with Crippen LogP contribution in [0.4, 0.5) is 5.82 Å². The zero-order chi connectivity index (χ0) is 15.2. The van der Waals surface area contributed by atoms with Crippen LogP contribution in [0.15, 0.2) is 6.33 Å². The minimum Gasteiger partial charge on any atom is -0.465 e. The Kier molecular flexibility index (Phi) is 5.46. The second-order valence-corrected chi connectivity index (χ2v) is 5.43. The highest BCUT2D eigenvalue weighted by Crippen LogP contribution is 2.33. The van der Waals surface area contributed by atoms with Crippen LogP contribution < -0.4 is 5.32 Å². The number of ether oxygens (including phenoxy) is 2. The maximum Gasteiger partial charge on any atom is 0.348 e. The van der Waals surface area contributed by atoms with E-state index in [1.165, 1.54) is 24.8 Å². The predicted molar refractivity (Wildman–Crippen MR) is 83.1 cm³/mol. The van der Waals surface area contributed by atoms with Gasteiger partial charge >= 0.3 is 5.97 Å². The molecular weight excluding hydrogens is 290 g/mol. The van der Waals surface area contributed by atoms with Crippen LogP contribution in [0.5, 0.6) is 0 Å². The van der Waals surface area contributed by atoms with Crippen LogP contribution >= 0.6 is 11.3 Å². The normalized spacial score (nSPS) is 10.8. The predicted octanol–water partition coefficient (Wildman–Crippen LogP) is 2.62. The summed E-state index contributed by atoms with van der Waals surface area (Å²) >= 11 is 1.33. The molecular formula is C14H19N3O3S. The summed E-state index contributed by atoms with van der Waals surface area (Å²) in [6, 6.07) is 0. The van der Waals surface area contributed by atoms with Crippen molar-refractivity contribution in [2.45, 2.75) is 20.3 Å². The summed E-state index contributed by atoms with van der Waals surface area (Å²) in [5.74, 6) is 0.415. The van der Waals surface area contributed by atoms with Crippen molar-refractivity contribution in [2.24, 2.45) is 0 Å². The van der Waals surface area contributed by atoms with E-state index in [0.717, 1.165) is 41.2 Å². The lowest BCUT2D eigenvalue weighted by Crippen LogP contribution is -2.07. The molecule has 0 fully saturated rings. The molecule has 0 aliphatic rings. The molecule has 0 amide bonds. The van der Waals surface area contributed by atoms with Gasteiger partial charge < -0.3 is 14.8 Å². The summed E-state index contributed by atoms with van der Waals surface area (Å²) in [6.07, 6.45) is 2.40. The van der Waals surface area contributed by atoms with Crippen molar-refractivity contribution in [2.75, 3.05) is 32.2 Å². The van der Waals surface area contributed by atoms with E-state index < -0.39 is 0 Å². The summed E-state index contributed by atoms with van der Waals surface area (Å²) < 4.78 is 10.1. The van der Waals surface area contributed by atoms with Gasteiger partial charge in [0.1, 0.15) is 21.9 Å². The number of carbonyl (C=O) groups excluding carboxylic acids is 1. The highest BCUT2D eigenvalue weighted by molar-refractivity contribution is 7.20. The van der Waals surface area contributed by atoms with Crippen LogP contribution in [0.25, 0.3) is 10.2 Å². The van der Waals surface area contributed by atoms with Gasteiger partial charge in [-0.25, -0.2) is 14.8 Å². The molecule has 0 radical (unpaired) electrons. The number of carbonyl (C=O) groups is 1. The molecule has 0 aliphatic heterocycles. The minimum atomic E-state index is -0.335. The van der Waals surface area contributed by atoms with E-state index in [1.807, 2.05) is 13.8 Å². The van der Waals surface area contributed by atoms with Crippen molar-refractivity contribution in [3.05, 3.63) is 16.8 Å². The molecule has 7 heteroatoms. The number of thiophene rings is 1. The van der Waals surface area contributed by atoms with E-state index >= 15 is 0 Å². The third-order valence-corrected chi connectivity index (χ3v) is 4.24. The summed E-state index contributed by atoms with van der Waals surface area (Å²) in [6.45, 7) is 6.07. The fourth-order valence-corrected chi connectivity index (χ4v) is 3.09. The van der Waals surface area contributed by atoms with Crippen LogP contribution in [-0.4, -0.2) is 42.8 Å². The van der Waals surface area contributed by atoms with Crippen LogP contribution in [0.2, 0.25) is 0 Å². The quantitative estimate of drug-likeness (QED) is 0.626. The van der Waals surface area contributed by atoms with Crippen LogP contribution in [-0.2, 0) is 9.47 Å². The van der Waals surface area contributed by atoms with Gasteiger partial charge in [0.2, 0.25) is 0 Å². The van der Waals surface area contributed by atoms with Crippen LogP contribution in [0.3, 0.4) is 0 Å². The number of hydrogen-bond donors (Lipinski definition) is 1. The maximum absolute atomic E-state index is 11.8. The first-order valence-corrected chi connectivity index (χ1v) is 7.64. The first kappa shape index (κ1) is 15.7. The standard InChI is InChI=1S/C14H19N3O3S/c1-4-20-7-5-6-15-12-10-9(2)11(14(18)19-3)21-13(10)17-8-16-12/h8H,4-7H2,1-3H3,(H,15,16,17). The van der Waals surface area contributed by atoms with Crippen molar-refractivity contribution in [3.8, 4) is 0 Å². The molecule has 114 valence electrons. The number of nitrogens with one attached hydrogen (secondary N) is 1. The van der Waals surface area contributed by atoms with Gasteiger partial charge in [0, 0.05) is 19.8 Å². The Morgan fingerprint density at radius 1 is 1.43 bits per heavy atom. The second-order valence-electron chi connectivity index (χ2n) is 4.43. The summed E-state index contributed by atoms with van der Waals surface area (Å²) in [7, 11) is 1.38. The molecule has 0 unspecified atom stereocenters. The number of aromatic nitrogens is 2. The number of fused-ring (bicyclic) bond motifs is 1. The van der Waals surface area contributed by atoms with E-state index in [0.29, 0.717) is 11.5 Å². The van der Waals surface area contributed by atoms with Crippen molar-refractivity contribution >= 4 is 33.3 Å². The van der Waals surface area contributed by atoms with Crippen molar-refractivity contribution < 1.29 is 14.3 Å². The molecule has 0 saturated carbocycles. The molecule has 1 N–H and O–H groups in total. The van der Waals surface area contributed by atoms with Gasteiger partial charge in [0.15, 0.2) is 0 Å². The van der Waals surface area contributed by atoms with Crippen LogP contribution in [0.1, 0.15) is 28.6 Å². The largest absolute Gasteiger partial charge is 0.465 e. The molecule has 0 saturated heterocycles. The van der Waals surface area contributed by atoms with Crippen molar-refractivity contribution in [1.29, 1.82) is 0 Å². The Hall–Kier alpha value is -1.73. The van der Waals surface area contributed by atoms with Gasteiger partial charge in [0.25, 0.3) is 0 Å². The van der Waals surface area contributed by atoms with Crippen molar-refractivity contribution in [3.63, 3.8) is 0 Å². The highest BCUT2D eigenvalue weighted by atomic mass is 32.1. The Morgan fingerprint density at radius 2 is 2.24 bits per heavy atom. The van der Waals surface area contributed by atoms with E-state index in [9.17, 15) is 4.79 Å². The lowest BCUT2D eigenvalue weighted by Gasteiger charge is -2.07. The molecule has 2 aromatic heterocycles. The summed E-state index contributed by atoms with van der Waals surface area (Å²) in [5.41, 5.74) is 0.856. The highest BCUT2D eigenvalue weighted by Gasteiger charge is 2.19. The molecule has 6 nitrogen and oxygen atoms in total. The maximum atomic E-state index is 11.8. The second kappa shape index (κ2) is 7.33. The summed E-state index contributed by atoms with van der Waals surface area (Å²) in [4.78, 5) is 21.6. The lowest BCUT2D eigenvalue weighted by molar-refractivity contribution is 0.0605. The number of nitrogens with zero attached hydrogens (tertiary/aromatic N) is 2. The van der Waals surface area contributed by atoms with Gasteiger partial charge in [0.05, 0.1) is 12.5 Å². The molecule has 0 bridgehead atoms. The number of rotatable bonds is 7. The average molecular weight is 309 g/mol.